The van der Waals surface area contributed by atoms with Gasteiger partial charge < -0.3 is 10.6 Å². The zero-order valence-electron chi connectivity index (χ0n) is 14.6. The first-order valence-corrected chi connectivity index (χ1v) is 10.2. The highest BCUT2D eigenvalue weighted by atomic mass is 79.9. The average molecular weight is 452 g/mol. The quantitative estimate of drug-likeness (QED) is 0.609. The maximum absolute atomic E-state index is 13.1. The fraction of sp³-hybridized carbons (Fsp3) is 0.421. The topological polar surface area (TPSA) is 86.9 Å². The maximum Gasteiger partial charge on any atom is 0.223 e. The van der Waals surface area contributed by atoms with E-state index in [9.17, 15) is 9.59 Å². The zero-order valence-corrected chi connectivity index (χ0v) is 16.9. The summed E-state index contributed by atoms with van der Waals surface area (Å²) >= 11 is 9.29. The summed E-state index contributed by atoms with van der Waals surface area (Å²) in [5, 5.41) is 13.9. The molecule has 3 unspecified atom stereocenters. The summed E-state index contributed by atoms with van der Waals surface area (Å²) in [6.45, 7) is 0.432. The Hall–Kier alpha value is -1.70. The number of nitrogens with one attached hydrogen (secondary N) is 3. The van der Waals surface area contributed by atoms with Crippen LogP contribution in [0.2, 0.25) is 5.02 Å². The van der Waals surface area contributed by atoms with Crippen LogP contribution in [0.4, 0.5) is 0 Å². The molecule has 142 valence electrons. The van der Waals surface area contributed by atoms with E-state index in [1.165, 1.54) is 0 Å². The first-order chi connectivity index (χ1) is 12.9. The highest BCUT2D eigenvalue weighted by Crippen LogP contribution is 2.41. The Bertz CT molecular complexity index is 886. The number of ketones is 1. The summed E-state index contributed by atoms with van der Waals surface area (Å²) in [5.74, 6) is -0.243. The molecule has 8 heteroatoms. The number of aromatic amines is 1. The predicted molar refractivity (Wildman–Crippen MR) is 106 cm³/mol. The van der Waals surface area contributed by atoms with E-state index in [0.717, 1.165) is 24.8 Å². The fourth-order valence-electron chi connectivity index (χ4n) is 4.25. The number of piperidine rings is 1. The number of benzene rings is 1. The first-order valence-electron chi connectivity index (χ1n) is 9.01. The second-order valence-corrected chi connectivity index (χ2v) is 8.67. The van der Waals surface area contributed by atoms with Gasteiger partial charge in [0.05, 0.1) is 5.54 Å². The van der Waals surface area contributed by atoms with E-state index in [4.69, 9.17) is 11.6 Å². The average Bonchev–Trinajstić information content (AvgIpc) is 3.22. The molecule has 3 atom stereocenters. The SMILES string of the molecule is O=C(NCc1cccc(Cl)c1)C1CC2CCC(C(=O)c3cc(Br)[nH]n3)(C1)N2. The molecule has 2 aliphatic heterocycles. The standard InChI is InChI=1S/C19H20BrClN4O2/c20-16-8-15(24-25-16)17(26)19-5-4-14(23-19)7-12(9-19)18(27)22-10-11-2-1-3-13(21)6-11/h1-3,6,8,12,14,23H,4-5,7,9-10H2,(H,22,27)(H,24,25). The summed E-state index contributed by atoms with van der Waals surface area (Å²) in [4.78, 5) is 25.8. The van der Waals surface area contributed by atoms with Gasteiger partial charge in [0, 0.05) is 29.6 Å². The Labute approximate surface area is 170 Å². The second-order valence-electron chi connectivity index (χ2n) is 7.38. The Morgan fingerprint density at radius 2 is 2.22 bits per heavy atom. The lowest BCUT2D eigenvalue weighted by Gasteiger charge is -2.37. The van der Waals surface area contributed by atoms with E-state index < -0.39 is 5.54 Å². The minimum absolute atomic E-state index is 0.0104. The van der Waals surface area contributed by atoms with Crippen LogP contribution < -0.4 is 10.6 Å². The minimum Gasteiger partial charge on any atom is -0.352 e. The van der Waals surface area contributed by atoms with Crippen LogP contribution in [0.15, 0.2) is 34.9 Å². The van der Waals surface area contributed by atoms with Crippen LogP contribution in [0.5, 0.6) is 0 Å². The molecule has 2 aromatic rings. The van der Waals surface area contributed by atoms with Gasteiger partial charge in [-0.25, -0.2) is 0 Å². The Balaban J connectivity index is 1.45. The molecule has 0 spiro atoms. The zero-order chi connectivity index (χ0) is 19.0. The largest absolute Gasteiger partial charge is 0.352 e. The summed E-state index contributed by atoms with van der Waals surface area (Å²) in [6, 6.07) is 9.32. The van der Waals surface area contributed by atoms with Crippen molar-refractivity contribution in [3.63, 3.8) is 0 Å². The van der Waals surface area contributed by atoms with Crippen LogP contribution in [0.25, 0.3) is 0 Å². The van der Waals surface area contributed by atoms with Crippen molar-refractivity contribution < 1.29 is 9.59 Å². The van der Waals surface area contributed by atoms with Crippen molar-refractivity contribution in [3.05, 3.63) is 51.2 Å². The molecule has 2 saturated heterocycles. The van der Waals surface area contributed by atoms with Crippen LogP contribution in [0.1, 0.15) is 41.7 Å². The number of H-pyrrole nitrogens is 1. The van der Waals surface area contributed by atoms with Crippen molar-refractivity contribution in [1.82, 2.24) is 20.8 Å². The number of hydrogen-bond donors (Lipinski definition) is 3. The molecule has 0 aliphatic carbocycles. The van der Waals surface area contributed by atoms with E-state index in [1.807, 2.05) is 18.2 Å². The lowest BCUT2D eigenvalue weighted by Crippen LogP contribution is -2.56. The first kappa shape index (κ1) is 18.7. The van der Waals surface area contributed by atoms with Gasteiger partial charge in [-0.15, -0.1) is 0 Å². The number of carbonyl (C=O) groups is 2. The van der Waals surface area contributed by atoms with E-state index in [0.29, 0.717) is 28.3 Å². The van der Waals surface area contributed by atoms with Crippen molar-refractivity contribution in [2.45, 2.75) is 43.8 Å². The van der Waals surface area contributed by atoms with Crippen LogP contribution in [-0.2, 0) is 11.3 Å². The van der Waals surface area contributed by atoms with Gasteiger partial charge >= 0.3 is 0 Å². The van der Waals surface area contributed by atoms with E-state index >= 15 is 0 Å². The molecule has 4 rings (SSSR count). The molecule has 0 saturated carbocycles. The van der Waals surface area contributed by atoms with Crippen LogP contribution in [0.3, 0.4) is 0 Å². The third-order valence-electron chi connectivity index (χ3n) is 5.50. The lowest BCUT2D eigenvalue weighted by molar-refractivity contribution is -0.126. The van der Waals surface area contributed by atoms with Gasteiger partial charge in [0.15, 0.2) is 0 Å². The molecule has 6 nitrogen and oxygen atoms in total. The van der Waals surface area contributed by atoms with Gasteiger partial charge in [-0.2, -0.15) is 5.10 Å². The predicted octanol–water partition coefficient (Wildman–Crippen LogP) is 3.23. The van der Waals surface area contributed by atoms with Crippen molar-refractivity contribution in [2.24, 2.45) is 5.92 Å². The molecule has 3 N–H and O–H groups in total. The Kier molecular flexibility index (Phi) is 5.09. The van der Waals surface area contributed by atoms with E-state index in [-0.39, 0.29) is 23.7 Å². The summed E-state index contributed by atoms with van der Waals surface area (Å²) in [7, 11) is 0. The van der Waals surface area contributed by atoms with E-state index in [1.54, 1.807) is 12.1 Å². The molecule has 2 bridgehead atoms. The molecule has 27 heavy (non-hydrogen) atoms. The lowest BCUT2D eigenvalue weighted by atomic mass is 9.79. The van der Waals surface area contributed by atoms with Gasteiger partial charge in [0.2, 0.25) is 11.7 Å². The van der Waals surface area contributed by atoms with Crippen molar-refractivity contribution >= 4 is 39.2 Å². The molecule has 0 radical (unpaired) electrons. The maximum atomic E-state index is 13.1. The smallest absolute Gasteiger partial charge is 0.223 e. The molecule has 2 fully saturated rings. The molecule has 1 aromatic heterocycles. The van der Waals surface area contributed by atoms with Crippen molar-refractivity contribution in [2.75, 3.05) is 0 Å². The molecule has 1 aromatic carbocycles. The van der Waals surface area contributed by atoms with Crippen molar-refractivity contribution in [3.8, 4) is 0 Å². The fourth-order valence-corrected chi connectivity index (χ4v) is 4.77. The van der Waals surface area contributed by atoms with Gasteiger partial charge in [-0.1, -0.05) is 23.7 Å². The number of aromatic nitrogens is 2. The summed E-state index contributed by atoms with van der Waals surface area (Å²) < 4.78 is 0.670. The number of rotatable bonds is 5. The number of Topliss-reactive ketones (excluding diaryl/α,β-unsaturated/α-hetero) is 1. The number of fused-ring (bicyclic) bond motifs is 2. The molecule has 3 heterocycles. The van der Waals surface area contributed by atoms with Gasteiger partial charge in [-0.3, -0.25) is 14.7 Å². The van der Waals surface area contributed by atoms with Crippen LogP contribution in [-0.4, -0.2) is 33.5 Å². The number of nitrogens with zero attached hydrogens (tertiary/aromatic N) is 1. The summed E-state index contributed by atoms with van der Waals surface area (Å²) in [6.07, 6.45) is 2.88. The highest BCUT2D eigenvalue weighted by molar-refractivity contribution is 9.10. The second kappa shape index (κ2) is 7.37. The van der Waals surface area contributed by atoms with Gasteiger partial charge in [0.1, 0.15) is 10.3 Å². The number of halogens is 2. The molecular formula is C19H20BrClN4O2. The van der Waals surface area contributed by atoms with Crippen molar-refractivity contribution in [1.29, 1.82) is 0 Å². The molecule has 2 aliphatic rings. The monoisotopic (exact) mass is 450 g/mol. The Morgan fingerprint density at radius 1 is 1.37 bits per heavy atom. The summed E-state index contributed by atoms with van der Waals surface area (Å²) in [5.41, 5.74) is 0.658. The van der Waals surface area contributed by atoms with Gasteiger partial charge in [-0.05, 0) is 59.3 Å². The number of carbonyl (C=O) groups excluding carboxylic acids is 2. The minimum atomic E-state index is -0.699. The number of amides is 1. The van der Waals surface area contributed by atoms with Gasteiger partial charge in [0.25, 0.3) is 0 Å². The number of hydrogen-bond acceptors (Lipinski definition) is 4. The highest BCUT2D eigenvalue weighted by Gasteiger charge is 2.52. The normalized spacial score (nSPS) is 26.7. The molecular weight excluding hydrogens is 432 g/mol. The third-order valence-corrected chi connectivity index (χ3v) is 6.15. The van der Waals surface area contributed by atoms with E-state index in [2.05, 4.69) is 36.8 Å². The van der Waals surface area contributed by atoms with Crippen LogP contribution in [0, 0.1) is 5.92 Å². The molecule has 1 amide bonds. The third kappa shape index (κ3) is 3.81. The Morgan fingerprint density at radius 3 is 2.96 bits per heavy atom. The van der Waals surface area contributed by atoms with Crippen LogP contribution >= 0.6 is 27.5 Å².